The van der Waals surface area contributed by atoms with Gasteiger partial charge in [0, 0.05) is 49.2 Å². The van der Waals surface area contributed by atoms with Gasteiger partial charge in [0.05, 0.1) is 0 Å². The summed E-state index contributed by atoms with van der Waals surface area (Å²) in [5, 5.41) is 6.60. The van der Waals surface area contributed by atoms with Crippen LogP contribution in [0.25, 0.3) is 10.9 Å². The van der Waals surface area contributed by atoms with Crippen molar-refractivity contribution < 1.29 is 4.79 Å². The standard InChI is InChI=1S/C15H19N3O2/c1-10-3-4-14-13(7-10)15(20)8-12(18-14)9-16-5-6-17-11(2)19/h3-4,7-8,16H,5-6,9H2,1-2H3,(H,17,19)(H,18,20). The molecule has 0 atom stereocenters. The van der Waals surface area contributed by atoms with E-state index in [1.165, 1.54) is 6.92 Å². The second-order valence-electron chi connectivity index (χ2n) is 4.87. The molecule has 0 unspecified atom stereocenters. The lowest BCUT2D eigenvalue weighted by atomic mass is 10.1. The van der Waals surface area contributed by atoms with E-state index in [2.05, 4.69) is 15.6 Å². The van der Waals surface area contributed by atoms with Crippen LogP contribution in [0.1, 0.15) is 18.2 Å². The number of carbonyl (C=O) groups is 1. The van der Waals surface area contributed by atoms with Gasteiger partial charge in [-0.3, -0.25) is 9.59 Å². The Morgan fingerprint density at radius 3 is 2.80 bits per heavy atom. The lowest BCUT2D eigenvalue weighted by Gasteiger charge is -2.07. The molecule has 1 heterocycles. The molecule has 106 valence electrons. The number of fused-ring (bicyclic) bond motifs is 1. The SMILES string of the molecule is CC(=O)NCCNCc1cc(=O)c2cc(C)ccc2[nH]1. The molecule has 1 aromatic heterocycles. The third-order valence-corrected chi connectivity index (χ3v) is 3.03. The molecule has 0 aliphatic heterocycles. The molecular formula is C15H19N3O2. The summed E-state index contributed by atoms with van der Waals surface area (Å²) >= 11 is 0. The zero-order chi connectivity index (χ0) is 14.5. The molecule has 0 aliphatic rings. The van der Waals surface area contributed by atoms with E-state index in [1.807, 2.05) is 25.1 Å². The van der Waals surface area contributed by atoms with Gasteiger partial charge >= 0.3 is 0 Å². The first kappa shape index (κ1) is 14.3. The fraction of sp³-hybridized carbons (Fsp3) is 0.333. The van der Waals surface area contributed by atoms with E-state index in [-0.39, 0.29) is 11.3 Å². The van der Waals surface area contributed by atoms with Crippen LogP contribution in [0.5, 0.6) is 0 Å². The largest absolute Gasteiger partial charge is 0.357 e. The van der Waals surface area contributed by atoms with Crippen molar-refractivity contribution >= 4 is 16.8 Å². The molecule has 3 N–H and O–H groups in total. The van der Waals surface area contributed by atoms with Crippen molar-refractivity contribution in [2.45, 2.75) is 20.4 Å². The number of rotatable bonds is 5. The highest BCUT2D eigenvalue weighted by atomic mass is 16.1. The molecule has 0 bridgehead atoms. The monoisotopic (exact) mass is 273 g/mol. The molecule has 0 radical (unpaired) electrons. The van der Waals surface area contributed by atoms with Gasteiger partial charge in [-0.05, 0) is 19.1 Å². The van der Waals surface area contributed by atoms with E-state index in [0.717, 1.165) is 16.8 Å². The molecule has 1 amide bonds. The molecular weight excluding hydrogens is 254 g/mol. The minimum atomic E-state index is -0.0405. The number of benzene rings is 1. The summed E-state index contributed by atoms with van der Waals surface area (Å²) in [5.41, 5.74) is 2.79. The first-order valence-electron chi connectivity index (χ1n) is 6.64. The summed E-state index contributed by atoms with van der Waals surface area (Å²) in [7, 11) is 0. The van der Waals surface area contributed by atoms with E-state index in [1.54, 1.807) is 6.07 Å². The molecule has 2 aromatic rings. The molecule has 1 aromatic carbocycles. The summed E-state index contributed by atoms with van der Waals surface area (Å²) in [5.74, 6) is -0.0405. The molecule has 5 heteroatoms. The number of aryl methyl sites for hydroxylation is 1. The maximum atomic E-state index is 12.0. The predicted molar refractivity (Wildman–Crippen MR) is 79.7 cm³/mol. The van der Waals surface area contributed by atoms with E-state index in [4.69, 9.17) is 0 Å². The quantitative estimate of drug-likeness (QED) is 0.713. The maximum Gasteiger partial charge on any atom is 0.216 e. The van der Waals surface area contributed by atoms with E-state index in [9.17, 15) is 9.59 Å². The van der Waals surface area contributed by atoms with Crippen LogP contribution >= 0.6 is 0 Å². The van der Waals surface area contributed by atoms with Crippen LogP contribution in [0.15, 0.2) is 29.1 Å². The normalized spacial score (nSPS) is 10.7. The van der Waals surface area contributed by atoms with Gasteiger partial charge in [-0.2, -0.15) is 0 Å². The van der Waals surface area contributed by atoms with Gasteiger partial charge < -0.3 is 15.6 Å². The smallest absolute Gasteiger partial charge is 0.216 e. The van der Waals surface area contributed by atoms with Crippen LogP contribution in [-0.2, 0) is 11.3 Å². The fourth-order valence-electron chi connectivity index (χ4n) is 2.06. The Bertz CT molecular complexity index is 676. The molecule has 0 spiro atoms. The van der Waals surface area contributed by atoms with Crippen molar-refractivity contribution in [3.8, 4) is 0 Å². The molecule has 5 nitrogen and oxygen atoms in total. The lowest BCUT2D eigenvalue weighted by Crippen LogP contribution is -2.30. The minimum Gasteiger partial charge on any atom is -0.357 e. The number of H-pyrrole nitrogens is 1. The Morgan fingerprint density at radius 2 is 2.05 bits per heavy atom. The van der Waals surface area contributed by atoms with Gasteiger partial charge in [0.25, 0.3) is 0 Å². The first-order valence-corrected chi connectivity index (χ1v) is 6.64. The van der Waals surface area contributed by atoms with Crippen LogP contribution in [0.4, 0.5) is 0 Å². The molecule has 20 heavy (non-hydrogen) atoms. The van der Waals surface area contributed by atoms with Gasteiger partial charge in [0.1, 0.15) is 0 Å². The van der Waals surface area contributed by atoms with Gasteiger partial charge in [-0.15, -0.1) is 0 Å². The Hall–Kier alpha value is -2.14. The summed E-state index contributed by atoms with van der Waals surface area (Å²) in [6.45, 7) is 5.26. The van der Waals surface area contributed by atoms with Gasteiger partial charge in [0.2, 0.25) is 5.91 Å². The average molecular weight is 273 g/mol. The topological polar surface area (TPSA) is 74.0 Å². The summed E-state index contributed by atoms with van der Waals surface area (Å²) in [4.78, 5) is 26.0. The maximum absolute atomic E-state index is 12.0. The Labute approximate surface area is 117 Å². The highest BCUT2D eigenvalue weighted by Crippen LogP contribution is 2.10. The average Bonchev–Trinajstić information content (AvgIpc) is 2.39. The van der Waals surface area contributed by atoms with Crippen molar-refractivity contribution in [1.82, 2.24) is 15.6 Å². The van der Waals surface area contributed by atoms with E-state index >= 15 is 0 Å². The number of amides is 1. The van der Waals surface area contributed by atoms with Gasteiger partial charge in [-0.1, -0.05) is 11.6 Å². The Morgan fingerprint density at radius 1 is 1.25 bits per heavy atom. The zero-order valence-corrected chi connectivity index (χ0v) is 11.7. The lowest BCUT2D eigenvalue weighted by molar-refractivity contribution is -0.118. The van der Waals surface area contributed by atoms with Crippen LogP contribution in [0.3, 0.4) is 0 Å². The predicted octanol–water partition coefficient (Wildman–Crippen LogP) is 1.06. The van der Waals surface area contributed by atoms with Crippen molar-refractivity contribution in [2.24, 2.45) is 0 Å². The highest BCUT2D eigenvalue weighted by Gasteiger charge is 2.02. The second-order valence-corrected chi connectivity index (χ2v) is 4.87. The number of aromatic nitrogens is 1. The summed E-state index contributed by atoms with van der Waals surface area (Å²) in [6, 6.07) is 7.41. The van der Waals surface area contributed by atoms with Crippen LogP contribution < -0.4 is 16.1 Å². The Kier molecular flexibility index (Phi) is 4.53. The third-order valence-electron chi connectivity index (χ3n) is 3.03. The first-order chi connectivity index (χ1) is 9.56. The van der Waals surface area contributed by atoms with E-state index in [0.29, 0.717) is 25.0 Å². The summed E-state index contributed by atoms with van der Waals surface area (Å²) in [6.07, 6.45) is 0. The second kappa shape index (κ2) is 6.34. The molecule has 2 rings (SSSR count). The number of hydrogen-bond donors (Lipinski definition) is 3. The molecule has 0 fully saturated rings. The van der Waals surface area contributed by atoms with Crippen LogP contribution in [0.2, 0.25) is 0 Å². The van der Waals surface area contributed by atoms with Crippen LogP contribution in [-0.4, -0.2) is 24.0 Å². The number of pyridine rings is 1. The Balaban J connectivity index is 2.03. The molecule has 0 saturated carbocycles. The fourth-order valence-corrected chi connectivity index (χ4v) is 2.06. The minimum absolute atomic E-state index is 0.0288. The van der Waals surface area contributed by atoms with Gasteiger partial charge in [0.15, 0.2) is 5.43 Å². The van der Waals surface area contributed by atoms with E-state index < -0.39 is 0 Å². The molecule has 0 aliphatic carbocycles. The molecule has 0 saturated heterocycles. The van der Waals surface area contributed by atoms with Crippen molar-refractivity contribution in [3.63, 3.8) is 0 Å². The number of carbonyl (C=O) groups excluding carboxylic acids is 1. The zero-order valence-electron chi connectivity index (χ0n) is 11.7. The van der Waals surface area contributed by atoms with Crippen LogP contribution in [0, 0.1) is 6.92 Å². The van der Waals surface area contributed by atoms with Crippen molar-refractivity contribution in [3.05, 3.63) is 45.7 Å². The van der Waals surface area contributed by atoms with Crippen molar-refractivity contribution in [1.29, 1.82) is 0 Å². The van der Waals surface area contributed by atoms with Gasteiger partial charge in [-0.25, -0.2) is 0 Å². The number of nitrogens with one attached hydrogen (secondary N) is 3. The number of aromatic amines is 1. The highest BCUT2D eigenvalue weighted by molar-refractivity contribution is 5.79. The summed E-state index contributed by atoms with van der Waals surface area (Å²) < 4.78 is 0. The van der Waals surface area contributed by atoms with Crippen molar-refractivity contribution in [2.75, 3.05) is 13.1 Å². The third kappa shape index (κ3) is 3.68. The number of hydrogen-bond acceptors (Lipinski definition) is 3.